The van der Waals surface area contributed by atoms with Gasteiger partial charge in [0.15, 0.2) is 6.20 Å². The average Bonchev–Trinajstić information content (AvgIpc) is 2.96. The van der Waals surface area contributed by atoms with Crippen molar-refractivity contribution in [2.24, 2.45) is 0 Å². The third kappa shape index (κ3) is 3.34. The topological polar surface area (TPSA) is 65.9 Å². The lowest BCUT2D eigenvalue weighted by atomic mass is 10.2. The molecule has 106 valence electrons. The van der Waals surface area contributed by atoms with E-state index in [-0.39, 0.29) is 0 Å². The summed E-state index contributed by atoms with van der Waals surface area (Å²) in [6.07, 6.45) is 1.45. The molecule has 0 bridgehead atoms. The Morgan fingerprint density at radius 1 is 1.19 bits per heavy atom. The molecule has 21 heavy (non-hydrogen) atoms. The Morgan fingerprint density at radius 3 is 2.76 bits per heavy atom. The summed E-state index contributed by atoms with van der Waals surface area (Å²) in [5.74, 6) is 1.41. The quantitative estimate of drug-likeness (QED) is 0.419. The third-order valence-corrected chi connectivity index (χ3v) is 3.96. The molecule has 0 aliphatic rings. The van der Waals surface area contributed by atoms with Gasteiger partial charge in [0.05, 0.1) is 5.75 Å². The number of aromatic nitrogens is 3. The fraction of sp³-hybridized carbons (Fsp3) is 0.0714. The summed E-state index contributed by atoms with van der Waals surface area (Å²) in [6.45, 7) is 0. The Labute approximate surface area is 130 Å². The summed E-state index contributed by atoms with van der Waals surface area (Å²) in [7, 11) is 0. The maximum Gasteiger partial charge on any atom is 0.251 e. The molecule has 0 radical (unpaired) electrons. The standard InChI is InChI=1S/C14H10ClN3O2S/c15-11-6-4-10(5-7-11)14-16-12(20-17-14)9-21-13-3-1-2-8-18(13)19/h1-8H,9H2. The lowest BCUT2D eigenvalue weighted by molar-refractivity contribution is -0.645. The molecule has 0 atom stereocenters. The van der Waals surface area contributed by atoms with Crippen LogP contribution in [0.15, 0.2) is 58.2 Å². The molecular weight excluding hydrogens is 310 g/mol. The van der Waals surface area contributed by atoms with Crippen molar-refractivity contribution in [1.82, 2.24) is 10.1 Å². The predicted molar refractivity (Wildman–Crippen MR) is 79.7 cm³/mol. The molecular formula is C14H10ClN3O2S. The van der Waals surface area contributed by atoms with Crippen LogP contribution in [0.1, 0.15) is 5.89 Å². The van der Waals surface area contributed by atoms with Gasteiger partial charge in [-0.25, -0.2) is 0 Å². The van der Waals surface area contributed by atoms with Crippen LogP contribution in [0, 0.1) is 5.21 Å². The van der Waals surface area contributed by atoms with E-state index in [1.165, 1.54) is 18.0 Å². The number of nitrogens with zero attached hydrogens (tertiary/aromatic N) is 3. The van der Waals surface area contributed by atoms with Crippen LogP contribution in [-0.2, 0) is 5.75 Å². The van der Waals surface area contributed by atoms with Gasteiger partial charge in [-0.15, -0.1) is 0 Å². The number of hydrogen-bond acceptors (Lipinski definition) is 5. The van der Waals surface area contributed by atoms with E-state index in [2.05, 4.69) is 10.1 Å². The van der Waals surface area contributed by atoms with Crippen LogP contribution in [-0.4, -0.2) is 10.1 Å². The SMILES string of the molecule is [O-][n+]1ccccc1SCc1nc(-c2ccc(Cl)cc2)no1. The molecule has 1 aromatic carbocycles. The minimum atomic E-state index is 0.437. The molecule has 7 heteroatoms. The molecule has 0 spiro atoms. The van der Waals surface area contributed by atoms with Gasteiger partial charge in [0.1, 0.15) is 0 Å². The van der Waals surface area contributed by atoms with Crippen LogP contribution < -0.4 is 4.73 Å². The monoisotopic (exact) mass is 319 g/mol. The van der Waals surface area contributed by atoms with Crippen molar-refractivity contribution < 1.29 is 9.25 Å². The highest BCUT2D eigenvalue weighted by Gasteiger charge is 2.11. The van der Waals surface area contributed by atoms with Gasteiger partial charge < -0.3 is 9.73 Å². The number of pyridine rings is 1. The number of hydrogen-bond donors (Lipinski definition) is 0. The Kier molecular flexibility index (Phi) is 4.08. The molecule has 0 N–H and O–H groups in total. The summed E-state index contributed by atoms with van der Waals surface area (Å²) < 4.78 is 5.99. The molecule has 3 aromatic rings. The highest BCUT2D eigenvalue weighted by Crippen LogP contribution is 2.22. The fourth-order valence-corrected chi connectivity index (χ4v) is 2.57. The maximum absolute atomic E-state index is 11.5. The van der Waals surface area contributed by atoms with E-state index in [1.807, 2.05) is 18.2 Å². The van der Waals surface area contributed by atoms with Gasteiger partial charge in [-0.3, -0.25) is 0 Å². The van der Waals surface area contributed by atoms with E-state index in [1.54, 1.807) is 24.3 Å². The summed E-state index contributed by atoms with van der Waals surface area (Å²) in [5.41, 5.74) is 0.831. The Hall–Kier alpha value is -2.05. The van der Waals surface area contributed by atoms with Crippen LogP contribution in [0.25, 0.3) is 11.4 Å². The van der Waals surface area contributed by atoms with Crippen molar-refractivity contribution >= 4 is 23.4 Å². The first kappa shape index (κ1) is 13.9. The minimum absolute atomic E-state index is 0.437. The van der Waals surface area contributed by atoms with Crippen molar-refractivity contribution in [3.63, 3.8) is 0 Å². The second kappa shape index (κ2) is 6.15. The van der Waals surface area contributed by atoms with Crippen molar-refractivity contribution in [2.45, 2.75) is 10.8 Å². The zero-order chi connectivity index (χ0) is 14.7. The van der Waals surface area contributed by atoms with E-state index in [0.29, 0.717) is 27.5 Å². The van der Waals surface area contributed by atoms with E-state index in [4.69, 9.17) is 16.1 Å². The van der Waals surface area contributed by atoms with E-state index >= 15 is 0 Å². The van der Waals surface area contributed by atoms with Crippen LogP contribution in [0.2, 0.25) is 5.02 Å². The van der Waals surface area contributed by atoms with Crippen molar-refractivity contribution in [1.29, 1.82) is 0 Å². The van der Waals surface area contributed by atoms with Gasteiger partial charge in [0.25, 0.3) is 5.03 Å². The largest absolute Gasteiger partial charge is 0.618 e. The van der Waals surface area contributed by atoms with Gasteiger partial charge >= 0.3 is 0 Å². The number of thioether (sulfide) groups is 1. The minimum Gasteiger partial charge on any atom is -0.618 e. The molecule has 5 nitrogen and oxygen atoms in total. The molecule has 0 aliphatic carbocycles. The molecule has 0 saturated heterocycles. The number of rotatable bonds is 4. The lowest BCUT2D eigenvalue weighted by Crippen LogP contribution is -2.27. The smallest absolute Gasteiger partial charge is 0.251 e. The van der Waals surface area contributed by atoms with E-state index in [9.17, 15) is 5.21 Å². The second-order valence-corrected chi connectivity index (χ2v) is 5.60. The molecule has 0 fully saturated rings. The summed E-state index contributed by atoms with van der Waals surface area (Å²) >= 11 is 7.18. The normalized spacial score (nSPS) is 10.7. The Morgan fingerprint density at radius 2 is 2.00 bits per heavy atom. The average molecular weight is 320 g/mol. The molecule has 0 amide bonds. The summed E-state index contributed by atoms with van der Waals surface area (Å²) in [6, 6.07) is 12.4. The molecule has 0 unspecified atom stereocenters. The second-order valence-electron chi connectivity index (χ2n) is 4.17. The Balaban J connectivity index is 1.71. The zero-order valence-electron chi connectivity index (χ0n) is 10.8. The van der Waals surface area contributed by atoms with Gasteiger partial charge in [-0.05, 0) is 42.1 Å². The third-order valence-electron chi connectivity index (χ3n) is 2.70. The van der Waals surface area contributed by atoms with Crippen molar-refractivity contribution in [3.8, 4) is 11.4 Å². The van der Waals surface area contributed by atoms with Crippen molar-refractivity contribution in [3.05, 3.63) is 64.8 Å². The van der Waals surface area contributed by atoms with Gasteiger partial charge in [-0.2, -0.15) is 9.71 Å². The predicted octanol–water partition coefficient (Wildman–Crippen LogP) is 3.32. The number of halogens is 1. The number of benzene rings is 1. The first-order valence-electron chi connectivity index (χ1n) is 6.12. The van der Waals surface area contributed by atoms with Crippen LogP contribution in [0.5, 0.6) is 0 Å². The van der Waals surface area contributed by atoms with Crippen molar-refractivity contribution in [2.75, 3.05) is 0 Å². The molecule has 2 aromatic heterocycles. The molecule has 2 heterocycles. The maximum atomic E-state index is 11.5. The van der Waals surface area contributed by atoms with Crippen LogP contribution >= 0.6 is 23.4 Å². The highest BCUT2D eigenvalue weighted by molar-refractivity contribution is 7.98. The molecule has 3 rings (SSSR count). The van der Waals surface area contributed by atoms with Crippen LogP contribution in [0.4, 0.5) is 0 Å². The molecule has 0 saturated carbocycles. The van der Waals surface area contributed by atoms with Gasteiger partial charge in [-0.1, -0.05) is 16.8 Å². The van der Waals surface area contributed by atoms with Crippen LogP contribution in [0.3, 0.4) is 0 Å². The highest BCUT2D eigenvalue weighted by atomic mass is 35.5. The first-order chi connectivity index (χ1) is 10.2. The zero-order valence-corrected chi connectivity index (χ0v) is 12.3. The fourth-order valence-electron chi connectivity index (χ4n) is 1.69. The summed E-state index contributed by atoms with van der Waals surface area (Å²) in [4.78, 5) is 4.30. The summed E-state index contributed by atoms with van der Waals surface area (Å²) in [5, 5.41) is 16.7. The molecule has 0 aliphatic heterocycles. The van der Waals surface area contributed by atoms with Gasteiger partial charge in [0, 0.05) is 22.7 Å². The van der Waals surface area contributed by atoms with Gasteiger partial charge in [0.2, 0.25) is 11.7 Å². The first-order valence-corrected chi connectivity index (χ1v) is 7.48. The lowest BCUT2D eigenvalue weighted by Gasteiger charge is -2.00. The van der Waals surface area contributed by atoms with E-state index in [0.717, 1.165) is 10.3 Å². The van der Waals surface area contributed by atoms with E-state index < -0.39 is 0 Å². The Bertz CT molecular complexity index is 746.